The van der Waals surface area contributed by atoms with E-state index < -0.39 is 0 Å². The van der Waals surface area contributed by atoms with Crippen LogP contribution in [0.3, 0.4) is 0 Å². The van der Waals surface area contributed by atoms with E-state index in [1.165, 1.54) is 51.0 Å². The lowest BCUT2D eigenvalue weighted by atomic mass is 10.00. The molecular formula is C13H21N3. The third-order valence-corrected chi connectivity index (χ3v) is 3.84. The molecule has 2 heterocycles. The highest BCUT2D eigenvalue weighted by atomic mass is 15.1. The highest BCUT2D eigenvalue weighted by Crippen LogP contribution is 2.32. The predicted octanol–water partition coefficient (Wildman–Crippen LogP) is 2.15. The van der Waals surface area contributed by atoms with Gasteiger partial charge in [0.1, 0.15) is 5.82 Å². The zero-order valence-electron chi connectivity index (χ0n) is 9.86. The monoisotopic (exact) mass is 219 g/mol. The van der Waals surface area contributed by atoms with Gasteiger partial charge in [0, 0.05) is 24.9 Å². The molecule has 1 aliphatic heterocycles. The molecule has 1 saturated heterocycles. The van der Waals surface area contributed by atoms with Crippen LogP contribution in [-0.4, -0.2) is 22.6 Å². The minimum Gasteiger partial charge on any atom is -0.334 e. The molecule has 3 heteroatoms. The Morgan fingerprint density at radius 2 is 2.19 bits per heavy atom. The first-order chi connectivity index (χ1) is 7.93. The molecule has 2 aliphatic rings. The molecule has 1 N–H and O–H groups in total. The second-order valence-electron chi connectivity index (χ2n) is 5.26. The van der Waals surface area contributed by atoms with E-state index in [4.69, 9.17) is 0 Å². The number of nitrogens with zero attached hydrogens (tertiary/aromatic N) is 2. The molecule has 16 heavy (non-hydrogen) atoms. The van der Waals surface area contributed by atoms with Gasteiger partial charge >= 0.3 is 0 Å². The van der Waals surface area contributed by atoms with Crippen molar-refractivity contribution in [1.29, 1.82) is 0 Å². The molecule has 0 amide bonds. The lowest BCUT2D eigenvalue weighted by Crippen LogP contribution is -2.15. The van der Waals surface area contributed by atoms with Gasteiger partial charge in [-0.3, -0.25) is 0 Å². The summed E-state index contributed by atoms with van der Waals surface area (Å²) in [6, 6.07) is 0. The van der Waals surface area contributed by atoms with Crippen molar-refractivity contribution in [3.8, 4) is 0 Å². The maximum Gasteiger partial charge on any atom is 0.111 e. The average molecular weight is 219 g/mol. The van der Waals surface area contributed by atoms with Crippen LogP contribution in [0.2, 0.25) is 0 Å². The summed E-state index contributed by atoms with van der Waals surface area (Å²) in [7, 11) is 0. The number of imidazole rings is 1. The van der Waals surface area contributed by atoms with E-state index >= 15 is 0 Å². The first kappa shape index (κ1) is 10.3. The minimum absolute atomic E-state index is 0.684. The Hall–Kier alpha value is -0.830. The SMILES string of the molecule is c1cn(CC2CC2)c(C2CCCNCC2)n1. The highest BCUT2D eigenvalue weighted by Gasteiger charge is 2.25. The predicted molar refractivity (Wildman–Crippen MR) is 64.4 cm³/mol. The Kier molecular flexibility index (Phi) is 2.96. The number of aromatic nitrogens is 2. The fraction of sp³-hybridized carbons (Fsp3) is 0.769. The van der Waals surface area contributed by atoms with Crippen molar-refractivity contribution in [2.45, 2.75) is 44.6 Å². The molecule has 0 aromatic carbocycles. The van der Waals surface area contributed by atoms with Crippen molar-refractivity contribution >= 4 is 0 Å². The Morgan fingerprint density at radius 3 is 3.06 bits per heavy atom. The fourth-order valence-electron chi connectivity index (χ4n) is 2.69. The molecular weight excluding hydrogens is 198 g/mol. The van der Waals surface area contributed by atoms with E-state index in [-0.39, 0.29) is 0 Å². The first-order valence-electron chi connectivity index (χ1n) is 6.65. The van der Waals surface area contributed by atoms with Crippen LogP contribution in [-0.2, 0) is 6.54 Å². The van der Waals surface area contributed by atoms with Crippen LogP contribution in [0.25, 0.3) is 0 Å². The molecule has 0 radical (unpaired) electrons. The third kappa shape index (κ3) is 2.29. The van der Waals surface area contributed by atoms with E-state index in [0.29, 0.717) is 5.92 Å². The van der Waals surface area contributed by atoms with Gasteiger partial charge in [0.2, 0.25) is 0 Å². The Balaban J connectivity index is 1.72. The fourth-order valence-corrected chi connectivity index (χ4v) is 2.69. The molecule has 88 valence electrons. The summed E-state index contributed by atoms with van der Waals surface area (Å²) >= 11 is 0. The van der Waals surface area contributed by atoms with Crippen molar-refractivity contribution < 1.29 is 0 Å². The lowest BCUT2D eigenvalue weighted by molar-refractivity contribution is 0.513. The summed E-state index contributed by atoms with van der Waals surface area (Å²) in [4.78, 5) is 4.60. The Labute approximate surface area is 97.3 Å². The van der Waals surface area contributed by atoms with Crippen LogP contribution in [0.15, 0.2) is 12.4 Å². The van der Waals surface area contributed by atoms with Crippen LogP contribution >= 0.6 is 0 Å². The van der Waals surface area contributed by atoms with E-state index in [0.717, 1.165) is 12.5 Å². The molecule has 1 unspecified atom stereocenters. The number of rotatable bonds is 3. The minimum atomic E-state index is 0.684. The standard InChI is InChI=1S/C13H21N3/c1-2-12(5-7-14-6-1)13-15-8-9-16(13)10-11-3-4-11/h8-9,11-12,14H,1-7,10H2. The van der Waals surface area contributed by atoms with Gasteiger partial charge in [-0.2, -0.15) is 0 Å². The quantitative estimate of drug-likeness (QED) is 0.844. The van der Waals surface area contributed by atoms with E-state index in [9.17, 15) is 0 Å². The van der Waals surface area contributed by atoms with Crippen molar-refractivity contribution in [2.24, 2.45) is 5.92 Å². The molecule has 0 spiro atoms. The summed E-state index contributed by atoms with van der Waals surface area (Å²) in [5.41, 5.74) is 0. The number of hydrogen-bond acceptors (Lipinski definition) is 2. The molecule has 1 aromatic heterocycles. The van der Waals surface area contributed by atoms with E-state index in [1.54, 1.807) is 0 Å². The van der Waals surface area contributed by atoms with Gasteiger partial charge in [-0.1, -0.05) is 0 Å². The Morgan fingerprint density at radius 1 is 1.25 bits per heavy atom. The molecule has 2 fully saturated rings. The van der Waals surface area contributed by atoms with Gasteiger partial charge < -0.3 is 9.88 Å². The molecule has 1 saturated carbocycles. The topological polar surface area (TPSA) is 29.9 Å². The molecule has 1 aliphatic carbocycles. The number of nitrogens with one attached hydrogen (secondary N) is 1. The largest absolute Gasteiger partial charge is 0.334 e. The second-order valence-corrected chi connectivity index (χ2v) is 5.26. The van der Waals surface area contributed by atoms with Crippen molar-refractivity contribution in [3.63, 3.8) is 0 Å². The van der Waals surface area contributed by atoms with Crippen molar-refractivity contribution in [2.75, 3.05) is 13.1 Å². The van der Waals surface area contributed by atoms with Crippen molar-refractivity contribution in [3.05, 3.63) is 18.2 Å². The summed E-state index contributed by atoms with van der Waals surface area (Å²) in [5.74, 6) is 2.97. The van der Waals surface area contributed by atoms with E-state index in [1.807, 2.05) is 6.20 Å². The van der Waals surface area contributed by atoms with Crippen LogP contribution < -0.4 is 5.32 Å². The molecule has 1 atom stereocenters. The summed E-state index contributed by atoms with van der Waals surface area (Å²) in [6.45, 7) is 3.54. The van der Waals surface area contributed by atoms with E-state index in [2.05, 4.69) is 21.1 Å². The van der Waals surface area contributed by atoms with Gasteiger partial charge in [0.25, 0.3) is 0 Å². The lowest BCUT2D eigenvalue weighted by Gasteiger charge is -2.15. The van der Waals surface area contributed by atoms with Crippen LogP contribution in [0.4, 0.5) is 0 Å². The molecule has 3 nitrogen and oxygen atoms in total. The molecule has 1 aromatic rings. The van der Waals surface area contributed by atoms with Gasteiger partial charge in [-0.05, 0) is 51.1 Å². The highest BCUT2D eigenvalue weighted by molar-refractivity contribution is 5.02. The van der Waals surface area contributed by atoms with Gasteiger partial charge in [0.15, 0.2) is 0 Å². The third-order valence-electron chi connectivity index (χ3n) is 3.84. The second kappa shape index (κ2) is 4.58. The molecule has 0 bridgehead atoms. The van der Waals surface area contributed by atoms with Crippen molar-refractivity contribution in [1.82, 2.24) is 14.9 Å². The normalized spacial score (nSPS) is 26.6. The Bertz CT molecular complexity index is 333. The van der Waals surface area contributed by atoms with Gasteiger partial charge in [-0.25, -0.2) is 4.98 Å². The summed E-state index contributed by atoms with van der Waals surface area (Å²) < 4.78 is 2.41. The van der Waals surface area contributed by atoms with Gasteiger partial charge in [0.05, 0.1) is 0 Å². The van der Waals surface area contributed by atoms with Crippen LogP contribution in [0.5, 0.6) is 0 Å². The smallest absolute Gasteiger partial charge is 0.111 e. The summed E-state index contributed by atoms with van der Waals surface area (Å²) in [6.07, 6.45) is 10.8. The first-order valence-corrected chi connectivity index (χ1v) is 6.65. The van der Waals surface area contributed by atoms with Gasteiger partial charge in [-0.15, -0.1) is 0 Å². The maximum atomic E-state index is 4.60. The number of hydrogen-bond donors (Lipinski definition) is 1. The zero-order valence-corrected chi connectivity index (χ0v) is 9.86. The zero-order chi connectivity index (χ0) is 10.8. The maximum absolute atomic E-state index is 4.60. The average Bonchev–Trinajstić information content (AvgIpc) is 3.04. The molecule has 3 rings (SSSR count). The van der Waals surface area contributed by atoms with Crippen LogP contribution in [0.1, 0.15) is 43.8 Å². The van der Waals surface area contributed by atoms with Crippen LogP contribution in [0, 0.1) is 5.92 Å². The summed E-state index contributed by atoms with van der Waals surface area (Å²) in [5, 5.41) is 3.47.